The van der Waals surface area contributed by atoms with Gasteiger partial charge in [0, 0.05) is 44.6 Å². The number of piperazine rings is 1. The van der Waals surface area contributed by atoms with Crippen LogP contribution in [-0.4, -0.2) is 64.5 Å². The van der Waals surface area contributed by atoms with Gasteiger partial charge < -0.3 is 19.5 Å². The van der Waals surface area contributed by atoms with E-state index >= 15 is 0 Å². The Morgan fingerprint density at radius 1 is 1.03 bits per heavy atom. The number of benzene rings is 1. The molecule has 2 amide bonds. The quantitative estimate of drug-likeness (QED) is 0.718. The molecule has 9 nitrogen and oxygen atoms in total. The molecule has 0 spiro atoms. The Bertz CT molecular complexity index is 1170. The van der Waals surface area contributed by atoms with Crippen molar-refractivity contribution < 1.29 is 14.3 Å². The molecule has 1 aromatic heterocycles. The summed E-state index contributed by atoms with van der Waals surface area (Å²) in [5, 5.41) is 0.429. The third-order valence-corrected chi connectivity index (χ3v) is 7.22. The molecule has 34 heavy (non-hydrogen) atoms. The van der Waals surface area contributed by atoms with E-state index < -0.39 is 5.69 Å². The molecule has 2 aromatic rings. The van der Waals surface area contributed by atoms with Gasteiger partial charge in [-0.05, 0) is 49.8 Å². The van der Waals surface area contributed by atoms with Gasteiger partial charge in [0.15, 0.2) is 0 Å². The number of rotatable bonds is 5. The summed E-state index contributed by atoms with van der Waals surface area (Å²) in [5.41, 5.74) is -0.226. The highest BCUT2D eigenvalue weighted by atomic mass is 16.5. The molecular weight excluding hydrogens is 436 g/mol. The Hall–Kier alpha value is -3.10. The van der Waals surface area contributed by atoms with Crippen molar-refractivity contribution in [1.29, 1.82) is 0 Å². The zero-order chi connectivity index (χ0) is 24.4. The van der Waals surface area contributed by atoms with E-state index in [9.17, 15) is 19.2 Å². The molecule has 4 rings (SSSR count). The lowest BCUT2D eigenvalue weighted by atomic mass is 9.81. The molecule has 1 aromatic carbocycles. The average Bonchev–Trinajstić information content (AvgIpc) is 2.86. The Kier molecular flexibility index (Phi) is 7.09. The van der Waals surface area contributed by atoms with Crippen LogP contribution in [0.5, 0.6) is 5.75 Å². The van der Waals surface area contributed by atoms with Crippen LogP contribution in [-0.2, 0) is 16.1 Å². The summed E-state index contributed by atoms with van der Waals surface area (Å²) in [6, 6.07) is 5.03. The first-order chi connectivity index (χ1) is 16.3. The summed E-state index contributed by atoms with van der Waals surface area (Å²) in [6.07, 6.45) is 3.10. The normalized spacial score (nSPS) is 21.2. The van der Waals surface area contributed by atoms with Crippen LogP contribution in [0.2, 0.25) is 0 Å². The van der Waals surface area contributed by atoms with Crippen LogP contribution in [0.1, 0.15) is 39.5 Å². The number of carbonyl (C=O) groups is 2. The van der Waals surface area contributed by atoms with Crippen LogP contribution < -0.4 is 16.0 Å². The number of fused-ring (bicyclic) bond motifs is 1. The number of carbonyl (C=O) groups excluding carboxylic acids is 2. The van der Waals surface area contributed by atoms with E-state index in [0.717, 1.165) is 25.7 Å². The summed E-state index contributed by atoms with van der Waals surface area (Å²) in [5.74, 6) is 0.998. The van der Waals surface area contributed by atoms with Gasteiger partial charge in [0.2, 0.25) is 11.8 Å². The Balaban J connectivity index is 1.35. The van der Waals surface area contributed by atoms with Crippen LogP contribution >= 0.6 is 0 Å². The minimum absolute atomic E-state index is 0.0260. The summed E-state index contributed by atoms with van der Waals surface area (Å²) >= 11 is 0. The van der Waals surface area contributed by atoms with Gasteiger partial charge in [-0.3, -0.25) is 19.0 Å². The van der Waals surface area contributed by atoms with Crippen molar-refractivity contribution in [2.75, 3.05) is 33.3 Å². The predicted octanol–water partition coefficient (Wildman–Crippen LogP) is 1.83. The van der Waals surface area contributed by atoms with E-state index in [2.05, 4.69) is 4.98 Å². The predicted molar refractivity (Wildman–Crippen MR) is 129 cm³/mol. The maximum atomic E-state index is 13.0. The molecule has 0 atom stereocenters. The second-order valence-corrected chi connectivity index (χ2v) is 9.78. The van der Waals surface area contributed by atoms with E-state index in [4.69, 9.17) is 4.74 Å². The number of ether oxygens (including phenoxy) is 1. The lowest BCUT2D eigenvalue weighted by Gasteiger charge is -2.38. The van der Waals surface area contributed by atoms with Gasteiger partial charge >= 0.3 is 5.69 Å². The van der Waals surface area contributed by atoms with Crippen molar-refractivity contribution in [3.8, 4) is 5.75 Å². The lowest BCUT2D eigenvalue weighted by molar-refractivity contribution is -0.144. The number of H-pyrrole nitrogens is 1. The topological polar surface area (TPSA) is 105 Å². The number of amides is 2. The highest BCUT2D eigenvalue weighted by Gasteiger charge is 2.32. The smallest absolute Gasteiger partial charge is 0.328 e. The molecule has 0 bridgehead atoms. The van der Waals surface area contributed by atoms with Gasteiger partial charge in [-0.15, -0.1) is 0 Å². The van der Waals surface area contributed by atoms with Gasteiger partial charge in [-0.1, -0.05) is 13.8 Å². The fourth-order valence-corrected chi connectivity index (χ4v) is 5.14. The Morgan fingerprint density at radius 2 is 1.68 bits per heavy atom. The number of aromatic nitrogens is 2. The second kappa shape index (κ2) is 10.0. The van der Waals surface area contributed by atoms with Crippen LogP contribution in [0, 0.1) is 17.8 Å². The number of hydrogen-bond acceptors (Lipinski definition) is 5. The monoisotopic (exact) mass is 470 g/mol. The molecule has 1 saturated heterocycles. The first-order valence-electron chi connectivity index (χ1n) is 12.2. The standard InChI is InChI=1S/C25H34N4O5/c1-16(2)22(30)27-10-12-28(13-11-27)23(31)18-6-4-17(5-7-18)15-29-24(32)20-14-19(34-3)8-9-21(20)26-25(29)33/h8-9,14,16-18H,4-7,10-13,15H2,1-3H3,(H,26,33)/t17-,18-. The third-order valence-electron chi connectivity index (χ3n) is 7.22. The third kappa shape index (κ3) is 4.88. The fourth-order valence-electron chi connectivity index (χ4n) is 5.14. The van der Waals surface area contributed by atoms with E-state index in [1.165, 1.54) is 11.7 Å². The second-order valence-electron chi connectivity index (χ2n) is 9.78. The first-order valence-corrected chi connectivity index (χ1v) is 12.2. The van der Waals surface area contributed by atoms with Crippen molar-refractivity contribution in [2.45, 2.75) is 46.1 Å². The van der Waals surface area contributed by atoms with Crippen LogP contribution in [0.3, 0.4) is 0 Å². The molecule has 0 unspecified atom stereocenters. The molecular formula is C25H34N4O5. The van der Waals surface area contributed by atoms with E-state index in [0.29, 0.717) is 49.4 Å². The van der Waals surface area contributed by atoms with E-state index in [-0.39, 0.29) is 35.1 Å². The van der Waals surface area contributed by atoms with Crippen molar-refractivity contribution in [2.24, 2.45) is 17.8 Å². The highest BCUT2D eigenvalue weighted by Crippen LogP contribution is 2.31. The van der Waals surface area contributed by atoms with Crippen molar-refractivity contribution >= 4 is 22.7 Å². The summed E-state index contributed by atoms with van der Waals surface area (Å²) in [4.78, 5) is 57.3. The fraction of sp³-hybridized carbons (Fsp3) is 0.600. The van der Waals surface area contributed by atoms with E-state index in [1.807, 2.05) is 23.6 Å². The summed E-state index contributed by atoms with van der Waals surface area (Å²) in [7, 11) is 1.54. The van der Waals surface area contributed by atoms with Gasteiger partial charge in [-0.2, -0.15) is 0 Å². The number of hydrogen-bond donors (Lipinski definition) is 1. The molecule has 184 valence electrons. The Morgan fingerprint density at radius 3 is 2.29 bits per heavy atom. The van der Waals surface area contributed by atoms with Crippen LogP contribution in [0.15, 0.2) is 27.8 Å². The van der Waals surface area contributed by atoms with Crippen LogP contribution in [0.25, 0.3) is 10.9 Å². The molecule has 2 aliphatic rings. The first kappa shape index (κ1) is 24.0. The number of methoxy groups -OCH3 is 1. The van der Waals surface area contributed by atoms with Crippen molar-refractivity contribution in [1.82, 2.24) is 19.4 Å². The largest absolute Gasteiger partial charge is 0.497 e. The van der Waals surface area contributed by atoms with Crippen molar-refractivity contribution in [3.05, 3.63) is 39.0 Å². The SMILES string of the molecule is COc1ccc2[nH]c(=O)n(C[C@H]3CC[C@H](C(=O)N4CCN(C(=O)C(C)C)CC4)CC3)c(=O)c2c1. The van der Waals surface area contributed by atoms with Gasteiger partial charge in [0.25, 0.3) is 5.56 Å². The number of nitrogens with zero attached hydrogens (tertiary/aromatic N) is 3. The summed E-state index contributed by atoms with van der Waals surface area (Å²) < 4.78 is 6.49. The minimum atomic E-state index is -0.408. The van der Waals surface area contributed by atoms with Crippen LogP contribution in [0.4, 0.5) is 0 Å². The molecule has 1 N–H and O–H groups in total. The van der Waals surface area contributed by atoms with Crippen molar-refractivity contribution in [3.63, 3.8) is 0 Å². The molecule has 2 fully saturated rings. The maximum absolute atomic E-state index is 13.0. The number of aromatic amines is 1. The molecule has 0 radical (unpaired) electrons. The summed E-state index contributed by atoms with van der Waals surface area (Å²) in [6.45, 7) is 6.50. The number of nitrogens with one attached hydrogen (secondary N) is 1. The zero-order valence-electron chi connectivity index (χ0n) is 20.2. The van der Waals surface area contributed by atoms with Gasteiger partial charge in [0.05, 0.1) is 18.0 Å². The highest BCUT2D eigenvalue weighted by molar-refractivity contribution is 5.81. The maximum Gasteiger partial charge on any atom is 0.328 e. The zero-order valence-corrected chi connectivity index (χ0v) is 20.2. The Labute approximate surface area is 198 Å². The van der Waals surface area contributed by atoms with Gasteiger partial charge in [-0.25, -0.2) is 4.79 Å². The molecule has 2 heterocycles. The van der Waals surface area contributed by atoms with Gasteiger partial charge in [0.1, 0.15) is 5.75 Å². The molecule has 1 aliphatic carbocycles. The molecule has 1 aliphatic heterocycles. The lowest BCUT2D eigenvalue weighted by Crippen LogP contribution is -2.53. The molecule has 1 saturated carbocycles. The minimum Gasteiger partial charge on any atom is -0.497 e. The molecule has 9 heteroatoms. The average molecular weight is 471 g/mol. The van der Waals surface area contributed by atoms with E-state index in [1.54, 1.807) is 18.2 Å².